The molecule has 3 rings (SSSR count). The van der Waals surface area contributed by atoms with E-state index in [2.05, 4.69) is 5.32 Å². The number of hydrogen-bond acceptors (Lipinski definition) is 2. The Morgan fingerprint density at radius 2 is 2.14 bits per heavy atom. The van der Waals surface area contributed by atoms with Gasteiger partial charge in [0, 0.05) is 12.6 Å². The number of nitrogens with zero attached hydrogens (tertiary/aromatic N) is 1. The van der Waals surface area contributed by atoms with Crippen LogP contribution < -0.4 is 5.32 Å². The zero-order valence-electron chi connectivity index (χ0n) is 12.4. The Hall–Kier alpha value is -1.42. The van der Waals surface area contributed by atoms with Gasteiger partial charge in [0.25, 0.3) is 0 Å². The van der Waals surface area contributed by atoms with E-state index in [-0.39, 0.29) is 18.1 Å². The van der Waals surface area contributed by atoms with Gasteiger partial charge in [0.1, 0.15) is 5.82 Å². The standard InChI is InChI=1S/C17H23FN2O/c18-15-7-2-1-5-13(15)11-17(21)20-10-4-8-16(20)14-6-3-9-19-12-14/h1-2,5,7,14,16,19H,3-4,6,8-12H2. The second kappa shape index (κ2) is 6.56. The predicted octanol–water partition coefficient (Wildman–Crippen LogP) is 2.36. The second-order valence-electron chi connectivity index (χ2n) is 6.17. The van der Waals surface area contributed by atoms with Gasteiger partial charge in [-0.2, -0.15) is 0 Å². The van der Waals surface area contributed by atoms with Crippen molar-refractivity contribution in [2.75, 3.05) is 19.6 Å². The van der Waals surface area contributed by atoms with Crippen molar-refractivity contribution in [3.8, 4) is 0 Å². The first-order valence-corrected chi connectivity index (χ1v) is 7.99. The Morgan fingerprint density at radius 3 is 2.90 bits per heavy atom. The van der Waals surface area contributed by atoms with E-state index in [0.29, 0.717) is 17.5 Å². The second-order valence-corrected chi connectivity index (χ2v) is 6.17. The van der Waals surface area contributed by atoms with Gasteiger partial charge in [-0.05, 0) is 56.3 Å². The zero-order valence-corrected chi connectivity index (χ0v) is 12.4. The molecule has 0 spiro atoms. The summed E-state index contributed by atoms with van der Waals surface area (Å²) in [5.41, 5.74) is 0.509. The Kier molecular flexibility index (Phi) is 4.54. The van der Waals surface area contributed by atoms with Gasteiger partial charge in [-0.3, -0.25) is 4.79 Å². The number of carbonyl (C=O) groups excluding carboxylic acids is 1. The molecule has 0 radical (unpaired) electrons. The third kappa shape index (κ3) is 3.26. The number of likely N-dealkylation sites (tertiary alicyclic amines) is 1. The van der Waals surface area contributed by atoms with Crippen molar-refractivity contribution in [2.24, 2.45) is 5.92 Å². The molecular weight excluding hydrogens is 267 g/mol. The van der Waals surface area contributed by atoms with Crippen LogP contribution in [0.1, 0.15) is 31.2 Å². The van der Waals surface area contributed by atoms with Gasteiger partial charge in [0.15, 0.2) is 0 Å². The molecule has 2 atom stereocenters. The average molecular weight is 290 g/mol. The van der Waals surface area contributed by atoms with Gasteiger partial charge in [0.05, 0.1) is 6.42 Å². The van der Waals surface area contributed by atoms with Crippen LogP contribution in [-0.4, -0.2) is 36.5 Å². The van der Waals surface area contributed by atoms with Crippen molar-refractivity contribution >= 4 is 5.91 Å². The molecule has 3 nitrogen and oxygen atoms in total. The fourth-order valence-corrected chi connectivity index (χ4v) is 3.71. The minimum atomic E-state index is -0.277. The first-order chi connectivity index (χ1) is 10.3. The highest BCUT2D eigenvalue weighted by atomic mass is 19.1. The quantitative estimate of drug-likeness (QED) is 0.927. The molecule has 0 aromatic heterocycles. The number of nitrogens with one attached hydrogen (secondary N) is 1. The minimum Gasteiger partial charge on any atom is -0.339 e. The van der Waals surface area contributed by atoms with Crippen LogP contribution in [0.15, 0.2) is 24.3 Å². The molecule has 1 aromatic rings. The lowest BCUT2D eigenvalue weighted by Gasteiger charge is -2.34. The Morgan fingerprint density at radius 1 is 1.29 bits per heavy atom. The van der Waals surface area contributed by atoms with Crippen LogP contribution in [0, 0.1) is 11.7 Å². The number of halogens is 1. The van der Waals surface area contributed by atoms with Crippen LogP contribution in [-0.2, 0) is 11.2 Å². The molecule has 4 heteroatoms. The molecule has 1 aromatic carbocycles. The van der Waals surface area contributed by atoms with Crippen LogP contribution in [0.2, 0.25) is 0 Å². The highest BCUT2D eigenvalue weighted by molar-refractivity contribution is 5.79. The number of rotatable bonds is 3. The van der Waals surface area contributed by atoms with E-state index in [0.717, 1.165) is 32.5 Å². The summed E-state index contributed by atoms with van der Waals surface area (Å²) in [5, 5.41) is 3.43. The lowest BCUT2D eigenvalue weighted by atomic mass is 9.90. The average Bonchev–Trinajstić information content (AvgIpc) is 3.00. The van der Waals surface area contributed by atoms with E-state index in [1.165, 1.54) is 18.9 Å². The largest absolute Gasteiger partial charge is 0.339 e. The van der Waals surface area contributed by atoms with Crippen molar-refractivity contribution < 1.29 is 9.18 Å². The summed E-state index contributed by atoms with van der Waals surface area (Å²) < 4.78 is 13.7. The van der Waals surface area contributed by atoms with Crippen molar-refractivity contribution in [2.45, 2.75) is 38.1 Å². The lowest BCUT2D eigenvalue weighted by molar-refractivity contribution is -0.132. The molecule has 1 N–H and O–H groups in total. The molecule has 2 unspecified atom stereocenters. The summed E-state index contributed by atoms with van der Waals surface area (Å²) in [6, 6.07) is 6.93. The highest BCUT2D eigenvalue weighted by Gasteiger charge is 2.35. The summed E-state index contributed by atoms with van der Waals surface area (Å²) in [7, 11) is 0. The Bertz CT molecular complexity index is 499. The number of piperidine rings is 1. The fraction of sp³-hybridized carbons (Fsp3) is 0.588. The first-order valence-electron chi connectivity index (χ1n) is 7.99. The van der Waals surface area contributed by atoms with Crippen LogP contribution in [0.3, 0.4) is 0 Å². The first kappa shape index (κ1) is 14.5. The van der Waals surface area contributed by atoms with Gasteiger partial charge >= 0.3 is 0 Å². The van der Waals surface area contributed by atoms with Crippen molar-refractivity contribution in [3.05, 3.63) is 35.6 Å². The fourth-order valence-electron chi connectivity index (χ4n) is 3.71. The molecule has 2 heterocycles. The summed E-state index contributed by atoms with van der Waals surface area (Å²) in [4.78, 5) is 14.6. The molecule has 0 aliphatic carbocycles. The molecule has 21 heavy (non-hydrogen) atoms. The number of carbonyl (C=O) groups is 1. The van der Waals surface area contributed by atoms with Crippen LogP contribution in [0.4, 0.5) is 4.39 Å². The van der Waals surface area contributed by atoms with E-state index in [4.69, 9.17) is 0 Å². The van der Waals surface area contributed by atoms with Crippen molar-refractivity contribution in [3.63, 3.8) is 0 Å². The lowest BCUT2D eigenvalue weighted by Crippen LogP contribution is -2.46. The smallest absolute Gasteiger partial charge is 0.227 e. The zero-order chi connectivity index (χ0) is 14.7. The normalized spacial score (nSPS) is 26.0. The van der Waals surface area contributed by atoms with Gasteiger partial charge in [-0.15, -0.1) is 0 Å². The van der Waals surface area contributed by atoms with Crippen LogP contribution in [0.5, 0.6) is 0 Å². The third-order valence-corrected chi connectivity index (χ3v) is 4.80. The highest BCUT2D eigenvalue weighted by Crippen LogP contribution is 2.28. The molecule has 2 aliphatic rings. The van der Waals surface area contributed by atoms with E-state index in [1.807, 2.05) is 4.90 Å². The maximum atomic E-state index is 13.7. The number of amides is 1. The summed E-state index contributed by atoms with van der Waals surface area (Å²) in [6.45, 7) is 2.93. The van der Waals surface area contributed by atoms with E-state index >= 15 is 0 Å². The summed E-state index contributed by atoms with van der Waals surface area (Å²) in [6.07, 6.45) is 4.74. The predicted molar refractivity (Wildman–Crippen MR) is 80.4 cm³/mol. The molecular formula is C17H23FN2O. The number of hydrogen-bond donors (Lipinski definition) is 1. The Balaban J connectivity index is 1.67. The molecule has 2 fully saturated rings. The van der Waals surface area contributed by atoms with Crippen LogP contribution >= 0.6 is 0 Å². The molecule has 1 amide bonds. The Labute approximate surface area is 125 Å². The number of benzene rings is 1. The SMILES string of the molecule is O=C(Cc1ccccc1F)N1CCCC1C1CCCNC1. The van der Waals surface area contributed by atoms with E-state index in [9.17, 15) is 9.18 Å². The van der Waals surface area contributed by atoms with Crippen molar-refractivity contribution in [1.82, 2.24) is 10.2 Å². The maximum Gasteiger partial charge on any atom is 0.227 e. The van der Waals surface area contributed by atoms with Crippen LogP contribution in [0.25, 0.3) is 0 Å². The summed E-state index contributed by atoms with van der Waals surface area (Å²) >= 11 is 0. The van der Waals surface area contributed by atoms with Gasteiger partial charge in [-0.1, -0.05) is 18.2 Å². The summed E-state index contributed by atoms with van der Waals surface area (Å²) in [5.74, 6) is 0.361. The van der Waals surface area contributed by atoms with Gasteiger partial charge in [-0.25, -0.2) is 4.39 Å². The molecule has 114 valence electrons. The van der Waals surface area contributed by atoms with E-state index in [1.54, 1.807) is 18.2 Å². The van der Waals surface area contributed by atoms with Crippen molar-refractivity contribution in [1.29, 1.82) is 0 Å². The third-order valence-electron chi connectivity index (χ3n) is 4.80. The van der Waals surface area contributed by atoms with E-state index < -0.39 is 0 Å². The molecule has 0 bridgehead atoms. The minimum absolute atomic E-state index is 0.0770. The monoisotopic (exact) mass is 290 g/mol. The molecule has 0 saturated carbocycles. The van der Waals surface area contributed by atoms with Gasteiger partial charge < -0.3 is 10.2 Å². The molecule has 2 aliphatic heterocycles. The topological polar surface area (TPSA) is 32.3 Å². The maximum absolute atomic E-state index is 13.7. The molecule has 2 saturated heterocycles. The van der Waals surface area contributed by atoms with Gasteiger partial charge in [0.2, 0.25) is 5.91 Å².